The van der Waals surface area contributed by atoms with Crippen LogP contribution in [0.25, 0.3) is 0 Å². The highest BCUT2D eigenvalue weighted by Crippen LogP contribution is 2.36. The number of thiophene rings is 1. The molecule has 0 saturated heterocycles. The number of imide groups is 1. The minimum atomic E-state index is -0.362. The average molecular weight is 307 g/mol. The Kier molecular flexibility index (Phi) is 3.03. The van der Waals surface area contributed by atoms with Crippen LogP contribution in [0.3, 0.4) is 0 Å². The lowest BCUT2D eigenvalue weighted by atomic mass is 10.1. The number of nitrogens with two attached hydrogens (primary N) is 1. The van der Waals surface area contributed by atoms with Crippen LogP contribution >= 0.6 is 22.9 Å². The Balaban J connectivity index is 2.04. The van der Waals surface area contributed by atoms with Crippen LogP contribution in [0.2, 0.25) is 4.34 Å². The Morgan fingerprint density at radius 3 is 2.55 bits per heavy atom. The average Bonchev–Trinajstić information content (AvgIpc) is 2.94. The lowest BCUT2D eigenvalue weighted by Crippen LogP contribution is -2.32. The van der Waals surface area contributed by atoms with Gasteiger partial charge in [0, 0.05) is 10.6 Å². The molecule has 0 aliphatic carbocycles. The third kappa shape index (κ3) is 1.82. The number of fused-ring (bicyclic) bond motifs is 1. The molecule has 2 aromatic rings. The van der Waals surface area contributed by atoms with Crippen LogP contribution in [0, 0.1) is 0 Å². The van der Waals surface area contributed by atoms with Gasteiger partial charge >= 0.3 is 0 Å². The van der Waals surface area contributed by atoms with Crippen molar-refractivity contribution in [2.75, 3.05) is 5.73 Å². The molecule has 102 valence electrons. The molecule has 6 heteroatoms. The van der Waals surface area contributed by atoms with Crippen LogP contribution < -0.4 is 5.73 Å². The molecule has 1 aliphatic rings. The molecule has 1 atom stereocenters. The molecule has 2 heterocycles. The summed E-state index contributed by atoms with van der Waals surface area (Å²) < 4.78 is 0.628. The van der Waals surface area contributed by atoms with E-state index >= 15 is 0 Å². The molecule has 0 bridgehead atoms. The van der Waals surface area contributed by atoms with Crippen molar-refractivity contribution in [1.29, 1.82) is 0 Å². The van der Waals surface area contributed by atoms with Crippen molar-refractivity contribution < 1.29 is 9.59 Å². The van der Waals surface area contributed by atoms with Gasteiger partial charge in [0.2, 0.25) is 0 Å². The van der Waals surface area contributed by atoms with Crippen LogP contribution in [0.15, 0.2) is 30.3 Å². The molecule has 3 rings (SSSR count). The van der Waals surface area contributed by atoms with Gasteiger partial charge in [0.05, 0.1) is 21.5 Å². The van der Waals surface area contributed by atoms with Gasteiger partial charge in [-0.1, -0.05) is 17.7 Å². The predicted octanol–water partition coefficient (Wildman–Crippen LogP) is 3.34. The van der Waals surface area contributed by atoms with E-state index in [2.05, 4.69) is 0 Å². The normalized spacial score (nSPS) is 15.6. The first-order valence-electron chi connectivity index (χ1n) is 6.02. The number of carbonyl (C=O) groups is 2. The Bertz CT molecular complexity index is 726. The zero-order valence-corrected chi connectivity index (χ0v) is 12.2. The van der Waals surface area contributed by atoms with Crippen molar-refractivity contribution in [3.63, 3.8) is 0 Å². The van der Waals surface area contributed by atoms with Gasteiger partial charge in [-0.15, -0.1) is 11.3 Å². The summed E-state index contributed by atoms with van der Waals surface area (Å²) >= 11 is 7.27. The number of carbonyl (C=O) groups excluding carboxylic acids is 2. The van der Waals surface area contributed by atoms with Gasteiger partial charge in [-0.2, -0.15) is 0 Å². The largest absolute Gasteiger partial charge is 0.398 e. The summed E-state index contributed by atoms with van der Waals surface area (Å²) in [5.41, 5.74) is 6.81. The van der Waals surface area contributed by atoms with Gasteiger partial charge in [0.1, 0.15) is 0 Å². The highest BCUT2D eigenvalue weighted by atomic mass is 35.5. The quantitative estimate of drug-likeness (QED) is 0.683. The highest BCUT2D eigenvalue weighted by Gasteiger charge is 2.40. The summed E-state index contributed by atoms with van der Waals surface area (Å²) in [6, 6.07) is 8.14. The summed E-state index contributed by atoms with van der Waals surface area (Å²) in [7, 11) is 0. The maximum atomic E-state index is 12.4. The van der Waals surface area contributed by atoms with Gasteiger partial charge in [-0.25, -0.2) is 0 Å². The topological polar surface area (TPSA) is 63.4 Å². The Morgan fingerprint density at radius 1 is 1.20 bits per heavy atom. The molecule has 4 nitrogen and oxygen atoms in total. The van der Waals surface area contributed by atoms with Crippen molar-refractivity contribution in [2.24, 2.45) is 0 Å². The fraction of sp³-hybridized carbons (Fsp3) is 0.143. The van der Waals surface area contributed by atoms with E-state index in [0.29, 0.717) is 21.2 Å². The molecule has 0 fully saturated rings. The van der Waals surface area contributed by atoms with Gasteiger partial charge in [0.15, 0.2) is 0 Å². The predicted molar refractivity (Wildman–Crippen MR) is 79.1 cm³/mol. The molecule has 1 aromatic carbocycles. The third-order valence-electron chi connectivity index (χ3n) is 3.37. The third-order valence-corrected chi connectivity index (χ3v) is 4.77. The molecular weight excluding hydrogens is 296 g/mol. The van der Waals surface area contributed by atoms with Gasteiger partial charge in [-0.3, -0.25) is 14.5 Å². The van der Waals surface area contributed by atoms with E-state index < -0.39 is 0 Å². The summed E-state index contributed by atoms with van der Waals surface area (Å²) in [5.74, 6) is -0.658. The minimum Gasteiger partial charge on any atom is -0.398 e. The smallest absolute Gasteiger partial charge is 0.264 e. The van der Waals surface area contributed by atoms with E-state index in [1.54, 1.807) is 31.2 Å². The molecule has 1 aromatic heterocycles. The van der Waals surface area contributed by atoms with E-state index in [1.165, 1.54) is 16.2 Å². The van der Waals surface area contributed by atoms with E-state index in [0.717, 1.165) is 4.88 Å². The number of benzene rings is 1. The summed E-state index contributed by atoms with van der Waals surface area (Å²) in [6.07, 6.45) is 0. The first-order valence-corrected chi connectivity index (χ1v) is 7.21. The molecule has 0 spiro atoms. The minimum absolute atomic E-state index is 0.298. The highest BCUT2D eigenvalue weighted by molar-refractivity contribution is 7.16. The van der Waals surface area contributed by atoms with Gasteiger partial charge in [0.25, 0.3) is 11.8 Å². The summed E-state index contributed by atoms with van der Waals surface area (Å²) in [6.45, 7) is 1.81. The summed E-state index contributed by atoms with van der Waals surface area (Å²) in [5, 5.41) is 0. The number of hydrogen-bond donors (Lipinski definition) is 1. The Hall–Kier alpha value is -1.85. The Morgan fingerprint density at radius 2 is 1.95 bits per heavy atom. The van der Waals surface area contributed by atoms with Crippen LogP contribution in [0.5, 0.6) is 0 Å². The zero-order chi connectivity index (χ0) is 14.4. The van der Waals surface area contributed by atoms with Crippen molar-refractivity contribution in [2.45, 2.75) is 13.0 Å². The lowest BCUT2D eigenvalue weighted by molar-refractivity contribution is 0.0598. The Labute approximate surface area is 124 Å². The van der Waals surface area contributed by atoms with Crippen LogP contribution in [0.1, 0.15) is 38.6 Å². The van der Waals surface area contributed by atoms with Crippen molar-refractivity contribution in [1.82, 2.24) is 4.90 Å². The number of amides is 2. The number of anilines is 1. The molecule has 1 unspecified atom stereocenters. The molecule has 0 radical (unpaired) electrons. The first kappa shape index (κ1) is 13.1. The van der Waals surface area contributed by atoms with Crippen LogP contribution in [-0.4, -0.2) is 16.7 Å². The lowest BCUT2D eigenvalue weighted by Gasteiger charge is -2.21. The number of nitrogen functional groups attached to an aromatic ring is 1. The van der Waals surface area contributed by atoms with Crippen molar-refractivity contribution >= 4 is 40.4 Å². The van der Waals surface area contributed by atoms with Crippen molar-refractivity contribution in [3.05, 3.63) is 50.7 Å². The monoisotopic (exact) mass is 306 g/mol. The van der Waals surface area contributed by atoms with E-state index in [-0.39, 0.29) is 17.9 Å². The fourth-order valence-corrected chi connectivity index (χ4v) is 3.46. The number of rotatable bonds is 2. The second kappa shape index (κ2) is 4.61. The maximum absolute atomic E-state index is 12.4. The molecule has 0 saturated carbocycles. The first-order chi connectivity index (χ1) is 9.50. The number of hydrogen-bond acceptors (Lipinski definition) is 4. The van der Waals surface area contributed by atoms with E-state index in [9.17, 15) is 9.59 Å². The van der Waals surface area contributed by atoms with E-state index in [1.807, 2.05) is 6.07 Å². The number of nitrogens with zero attached hydrogens (tertiary/aromatic N) is 1. The van der Waals surface area contributed by atoms with Gasteiger partial charge < -0.3 is 5.73 Å². The number of halogens is 1. The second-order valence-electron chi connectivity index (χ2n) is 4.57. The maximum Gasteiger partial charge on any atom is 0.264 e. The molecule has 2 N–H and O–H groups in total. The van der Waals surface area contributed by atoms with E-state index in [4.69, 9.17) is 17.3 Å². The van der Waals surface area contributed by atoms with Crippen molar-refractivity contribution in [3.8, 4) is 0 Å². The van der Waals surface area contributed by atoms with Crippen LogP contribution in [-0.2, 0) is 0 Å². The standard InChI is InChI=1S/C14H11ClN2O2S/c1-7(10-5-6-11(15)20-10)17-13(18)8-3-2-4-9(16)12(8)14(17)19/h2-7H,16H2,1H3. The molecule has 2 amide bonds. The SMILES string of the molecule is CC(c1ccc(Cl)s1)N1C(=O)c2cccc(N)c2C1=O. The van der Waals surface area contributed by atoms with Crippen LogP contribution in [0.4, 0.5) is 5.69 Å². The zero-order valence-electron chi connectivity index (χ0n) is 10.6. The summed E-state index contributed by atoms with van der Waals surface area (Å²) in [4.78, 5) is 27.0. The molecule has 20 heavy (non-hydrogen) atoms. The molecular formula is C14H11ClN2O2S. The molecule has 1 aliphatic heterocycles. The fourth-order valence-electron chi connectivity index (χ4n) is 2.36. The second-order valence-corrected chi connectivity index (χ2v) is 6.31. The van der Waals surface area contributed by atoms with Gasteiger partial charge in [-0.05, 0) is 31.2 Å².